The standard InChI is InChI=1S/C22H27N5O3/c1-15-16(2)27(14-23-15)18-9-7-17(8-10-18)24-19(28)13-26-20(29)22(25(3)21(26)30)11-5-4-6-12-22/h7-10,14H,4-6,11-13H2,1-3H3,(H,24,28). The molecule has 1 spiro atoms. The number of likely N-dealkylation sites (N-methyl/N-ethyl adjacent to an activating group) is 1. The first-order chi connectivity index (χ1) is 14.3. The van der Waals surface area contributed by atoms with Crippen molar-refractivity contribution in [3.8, 4) is 5.69 Å². The van der Waals surface area contributed by atoms with Crippen LogP contribution in [-0.2, 0) is 9.59 Å². The molecule has 0 unspecified atom stereocenters. The van der Waals surface area contributed by atoms with Crippen LogP contribution in [0.2, 0.25) is 0 Å². The molecular weight excluding hydrogens is 382 g/mol. The van der Waals surface area contributed by atoms with E-state index in [1.54, 1.807) is 25.5 Å². The average Bonchev–Trinajstić information content (AvgIpc) is 3.16. The van der Waals surface area contributed by atoms with E-state index in [1.807, 2.05) is 30.5 Å². The van der Waals surface area contributed by atoms with Gasteiger partial charge in [-0.05, 0) is 51.0 Å². The Balaban J connectivity index is 1.43. The topological polar surface area (TPSA) is 87.5 Å². The minimum atomic E-state index is -0.766. The second kappa shape index (κ2) is 7.59. The van der Waals surface area contributed by atoms with Crippen LogP contribution in [0.4, 0.5) is 10.5 Å². The van der Waals surface area contributed by atoms with Gasteiger partial charge in [0, 0.05) is 24.1 Å². The number of urea groups is 1. The summed E-state index contributed by atoms with van der Waals surface area (Å²) in [6.45, 7) is 3.68. The Kier molecular flexibility index (Phi) is 5.09. The zero-order chi connectivity index (χ0) is 21.5. The van der Waals surface area contributed by atoms with Crippen LogP contribution < -0.4 is 5.32 Å². The predicted octanol–water partition coefficient (Wildman–Crippen LogP) is 3.02. The van der Waals surface area contributed by atoms with E-state index in [4.69, 9.17) is 0 Å². The molecule has 8 heteroatoms. The maximum Gasteiger partial charge on any atom is 0.327 e. The Morgan fingerprint density at radius 1 is 1.10 bits per heavy atom. The van der Waals surface area contributed by atoms with E-state index in [0.29, 0.717) is 18.5 Å². The quantitative estimate of drug-likeness (QED) is 0.787. The molecule has 2 aliphatic rings. The number of benzene rings is 1. The van der Waals surface area contributed by atoms with Crippen molar-refractivity contribution in [1.29, 1.82) is 0 Å². The lowest BCUT2D eigenvalue weighted by Crippen LogP contribution is -2.49. The van der Waals surface area contributed by atoms with Crippen LogP contribution in [0.1, 0.15) is 43.5 Å². The van der Waals surface area contributed by atoms with Crippen molar-refractivity contribution in [3.05, 3.63) is 42.0 Å². The first kappa shape index (κ1) is 20.1. The van der Waals surface area contributed by atoms with E-state index >= 15 is 0 Å². The van der Waals surface area contributed by atoms with E-state index in [0.717, 1.165) is 41.2 Å². The van der Waals surface area contributed by atoms with Gasteiger partial charge in [0.15, 0.2) is 0 Å². The average molecular weight is 409 g/mol. The number of aryl methyl sites for hydroxylation is 1. The van der Waals surface area contributed by atoms with Crippen LogP contribution in [0.15, 0.2) is 30.6 Å². The van der Waals surface area contributed by atoms with Gasteiger partial charge >= 0.3 is 6.03 Å². The third kappa shape index (κ3) is 3.26. The predicted molar refractivity (Wildman–Crippen MR) is 112 cm³/mol. The largest absolute Gasteiger partial charge is 0.327 e. The van der Waals surface area contributed by atoms with Gasteiger partial charge in [0.05, 0.1) is 12.0 Å². The second-order valence-electron chi connectivity index (χ2n) is 8.21. The summed E-state index contributed by atoms with van der Waals surface area (Å²) in [6.07, 6.45) is 6.02. The number of carbonyl (C=O) groups is 3. The van der Waals surface area contributed by atoms with Crippen molar-refractivity contribution in [1.82, 2.24) is 19.4 Å². The van der Waals surface area contributed by atoms with Crippen LogP contribution >= 0.6 is 0 Å². The highest BCUT2D eigenvalue weighted by molar-refractivity contribution is 6.10. The first-order valence-corrected chi connectivity index (χ1v) is 10.3. The summed E-state index contributed by atoms with van der Waals surface area (Å²) in [5, 5.41) is 2.79. The highest BCUT2D eigenvalue weighted by Crippen LogP contribution is 2.39. The van der Waals surface area contributed by atoms with Crippen LogP contribution in [0.3, 0.4) is 0 Å². The van der Waals surface area contributed by atoms with Crippen molar-refractivity contribution in [3.63, 3.8) is 0 Å². The van der Waals surface area contributed by atoms with Crippen molar-refractivity contribution in [2.24, 2.45) is 0 Å². The van der Waals surface area contributed by atoms with Gasteiger partial charge in [0.2, 0.25) is 5.91 Å². The summed E-state index contributed by atoms with van der Waals surface area (Å²) >= 11 is 0. The van der Waals surface area contributed by atoms with Gasteiger partial charge in [0.1, 0.15) is 12.1 Å². The summed E-state index contributed by atoms with van der Waals surface area (Å²) in [7, 11) is 1.67. The van der Waals surface area contributed by atoms with Gasteiger partial charge in [0.25, 0.3) is 5.91 Å². The summed E-state index contributed by atoms with van der Waals surface area (Å²) in [4.78, 5) is 45.1. The Morgan fingerprint density at radius 2 is 1.77 bits per heavy atom. The number of nitrogens with zero attached hydrogens (tertiary/aromatic N) is 4. The van der Waals surface area contributed by atoms with Gasteiger partial charge in [-0.2, -0.15) is 0 Å². The molecule has 0 bridgehead atoms. The summed E-state index contributed by atoms with van der Waals surface area (Å²) < 4.78 is 1.97. The third-order valence-corrected chi connectivity index (χ3v) is 6.47. The molecule has 4 rings (SSSR count). The number of aromatic nitrogens is 2. The number of hydrogen-bond acceptors (Lipinski definition) is 4. The van der Waals surface area contributed by atoms with E-state index in [-0.39, 0.29) is 18.4 Å². The maximum atomic E-state index is 13.0. The normalized spacial score (nSPS) is 18.4. The van der Waals surface area contributed by atoms with Gasteiger partial charge in [-0.1, -0.05) is 19.3 Å². The van der Waals surface area contributed by atoms with Crippen LogP contribution in [0, 0.1) is 13.8 Å². The Morgan fingerprint density at radius 3 is 2.37 bits per heavy atom. The number of carbonyl (C=O) groups excluding carboxylic acids is 3. The van der Waals surface area contributed by atoms with Crippen molar-refractivity contribution < 1.29 is 14.4 Å². The summed E-state index contributed by atoms with van der Waals surface area (Å²) in [5.41, 5.74) is 2.81. The molecule has 1 aliphatic carbocycles. The van der Waals surface area contributed by atoms with E-state index in [9.17, 15) is 14.4 Å². The number of rotatable bonds is 4. The van der Waals surface area contributed by atoms with Crippen molar-refractivity contribution >= 4 is 23.5 Å². The van der Waals surface area contributed by atoms with E-state index < -0.39 is 11.6 Å². The molecule has 1 saturated heterocycles. The highest BCUT2D eigenvalue weighted by Gasteiger charge is 2.55. The summed E-state index contributed by atoms with van der Waals surface area (Å²) in [5.74, 6) is -0.633. The Hall–Kier alpha value is -3.16. The molecular formula is C22H27N5O3. The molecule has 2 aromatic rings. The fourth-order valence-corrected chi connectivity index (χ4v) is 4.48. The van der Waals surface area contributed by atoms with E-state index in [2.05, 4.69) is 10.3 Å². The van der Waals surface area contributed by atoms with Crippen LogP contribution in [0.25, 0.3) is 5.69 Å². The SMILES string of the molecule is Cc1ncn(-c2ccc(NC(=O)CN3C(=O)N(C)C4(CCCCC4)C3=O)cc2)c1C. The first-order valence-electron chi connectivity index (χ1n) is 10.3. The molecule has 4 amide bonds. The van der Waals surface area contributed by atoms with Gasteiger partial charge < -0.3 is 14.8 Å². The minimum absolute atomic E-state index is 0.244. The zero-order valence-corrected chi connectivity index (χ0v) is 17.6. The lowest BCUT2D eigenvalue weighted by molar-refractivity contribution is -0.136. The third-order valence-electron chi connectivity index (χ3n) is 6.47. The fraction of sp³-hybridized carbons (Fsp3) is 0.455. The molecule has 1 aliphatic heterocycles. The maximum absolute atomic E-state index is 13.0. The molecule has 8 nitrogen and oxygen atoms in total. The lowest BCUT2D eigenvalue weighted by atomic mass is 9.81. The number of anilines is 1. The molecule has 1 N–H and O–H groups in total. The van der Waals surface area contributed by atoms with Gasteiger partial charge in [-0.3, -0.25) is 14.5 Å². The van der Waals surface area contributed by atoms with Gasteiger partial charge in [-0.25, -0.2) is 9.78 Å². The number of amides is 4. The highest BCUT2D eigenvalue weighted by atomic mass is 16.2. The lowest BCUT2D eigenvalue weighted by Gasteiger charge is -2.35. The van der Waals surface area contributed by atoms with Crippen molar-refractivity contribution in [2.75, 3.05) is 18.9 Å². The number of imide groups is 1. The molecule has 2 fully saturated rings. The molecule has 30 heavy (non-hydrogen) atoms. The Bertz CT molecular complexity index is 989. The zero-order valence-electron chi connectivity index (χ0n) is 17.6. The molecule has 2 heterocycles. The molecule has 1 aromatic heterocycles. The molecule has 1 saturated carbocycles. The number of hydrogen-bond donors (Lipinski definition) is 1. The van der Waals surface area contributed by atoms with Crippen molar-refractivity contribution in [2.45, 2.75) is 51.5 Å². The van der Waals surface area contributed by atoms with Gasteiger partial charge in [-0.15, -0.1) is 0 Å². The van der Waals surface area contributed by atoms with Crippen LogP contribution in [-0.4, -0.2) is 56.3 Å². The smallest absolute Gasteiger partial charge is 0.325 e. The molecule has 158 valence electrons. The number of imidazole rings is 1. The fourth-order valence-electron chi connectivity index (χ4n) is 4.48. The molecule has 0 atom stereocenters. The molecule has 1 aromatic carbocycles. The van der Waals surface area contributed by atoms with Crippen LogP contribution in [0.5, 0.6) is 0 Å². The number of nitrogens with one attached hydrogen (secondary N) is 1. The van der Waals surface area contributed by atoms with E-state index in [1.165, 1.54) is 4.90 Å². The minimum Gasteiger partial charge on any atom is -0.325 e. The monoisotopic (exact) mass is 409 g/mol. The second-order valence-corrected chi connectivity index (χ2v) is 8.21. The molecule has 0 radical (unpaired) electrons. The Labute approximate surface area is 175 Å². The summed E-state index contributed by atoms with van der Waals surface area (Å²) in [6, 6.07) is 6.98.